The summed E-state index contributed by atoms with van der Waals surface area (Å²) in [4.78, 5) is 35.4. The van der Waals surface area contributed by atoms with Gasteiger partial charge in [-0.3, -0.25) is 14.6 Å². The molecule has 0 aliphatic carbocycles. The fraction of sp³-hybridized carbons (Fsp3) is 0.304. The van der Waals surface area contributed by atoms with Crippen LogP contribution in [-0.4, -0.2) is 60.6 Å². The van der Waals surface area contributed by atoms with Crippen LogP contribution in [0.15, 0.2) is 54.2 Å². The van der Waals surface area contributed by atoms with Gasteiger partial charge in [-0.05, 0) is 23.8 Å². The predicted molar refractivity (Wildman–Crippen MR) is 127 cm³/mol. The Morgan fingerprint density at radius 3 is 2.73 bits per heavy atom. The molecule has 2 heterocycles. The molecule has 0 radical (unpaired) electrons. The van der Waals surface area contributed by atoms with Crippen molar-refractivity contribution in [1.29, 1.82) is 0 Å². The first-order chi connectivity index (χ1) is 16.1. The Hall–Kier alpha value is -3.50. The average molecular weight is 470 g/mol. The van der Waals surface area contributed by atoms with E-state index in [9.17, 15) is 9.59 Å². The highest BCUT2D eigenvalue weighted by Crippen LogP contribution is 2.28. The maximum Gasteiger partial charge on any atom is 0.273 e. The number of benzene rings is 1. The number of hydrogen-bond acceptors (Lipinski definition) is 8. The van der Waals surface area contributed by atoms with Crippen LogP contribution >= 0.6 is 11.3 Å². The molecule has 33 heavy (non-hydrogen) atoms. The van der Waals surface area contributed by atoms with Crippen molar-refractivity contribution >= 4 is 34.0 Å². The van der Waals surface area contributed by atoms with Gasteiger partial charge < -0.3 is 25.0 Å². The monoisotopic (exact) mass is 469 g/mol. The SMILES string of the molecule is COCCN(CCC(=O)NCc1cccnc1)C(=O)c1csc(Nc2ccccc2OC)n1. The highest BCUT2D eigenvalue weighted by molar-refractivity contribution is 7.14. The fourth-order valence-electron chi connectivity index (χ4n) is 3.00. The summed E-state index contributed by atoms with van der Waals surface area (Å²) >= 11 is 1.32. The highest BCUT2D eigenvalue weighted by atomic mass is 32.1. The molecule has 3 aromatic rings. The molecule has 3 rings (SSSR count). The van der Waals surface area contributed by atoms with Gasteiger partial charge in [0.05, 0.1) is 19.4 Å². The van der Waals surface area contributed by atoms with Crippen molar-refractivity contribution < 1.29 is 19.1 Å². The van der Waals surface area contributed by atoms with Crippen molar-refractivity contribution in [3.63, 3.8) is 0 Å². The van der Waals surface area contributed by atoms with Crippen LogP contribution in [0.4, 0.5) is 10.8 Å². The lowest BCUT2D eigenvalue weighted by molar-refractivity contribution is -0.121. The van der Waals surface area contributed by atoms with Crippen molar-refractivity contribution in [2.24, 2.45) is 0 Å². The molecule has 0 fully saturated rings. The normalized spacial score (nSPS) is 10.5. The standard InChI is InChI=1S/C23H27N5O4S/c1-31-13-12-28(11-9-21(29)25-15-17-6-5-10-24-14-17)22(30)19-16-33-23(27-19)26-18-7-3-4-8-20(18)32-2/h3-8,10,14,16H,9,11-13,15H2,1-2H3,(H,25,29)(H,26,27). The summed E-state index contributed by atoms with van der Waals surface area (Å²) in [7, 11) is 3.17. The number of ether oxygens (including phenoxy) is 2. The number of thiazole rings is 1. The molecule has 0 unspecified atom stereocenters. The van der Waals surface area contributed by atoms with Crippen LogP contribution in [0.3, 0.4) is 0 Å². The molecular weight excluding hydrogens is 442 g/mol. The zero-order valence-electron chi connectivity index (χ0n) is 18.6. The van der Waals surface area contributed by atoms with E-state index in [2.05, 4.69) is 20.6 Å². The number of nitrogens with zero attached hydrogens (tertiary/aromatic N) is 3. The maximum absolute atomic E-state index is 13.1. The molecule has 0 saturated heterocycles. The number of rotatable bonds is 12. The van der Waals surface area contributed by atoms with Gasteiger partial charge in [0.25, 0.3) is 5.91 Å². The molecule has 0 bridgehead atoms. The second-order valence-corrected chi connectivity index (χ2v) is 7.89. The van der Waals surface area contributed by atoms with Gasteiger partial charge >= 0.3 is 0 Å². The summed E-state index contributed by atoms with van der Waals surface area (Å²) < 4.78 is 10.5. The summed E-state index contributed by atoms with van der Waals surface area (Å²) in [6.45, 7) is 1.37. The first kappa shape index (κ1) is 24.1. The number of hydrogen-bond donors (Lipinski definition) is 2. The molecule has 0 aliphatic heterocycles. The van der Waals surface area contributed by atoms with Crippen LogP contribution in [0.5, 0.6) is 5.75 Å². The van der Waals surface area contributed by atoms with Crippen LogP contribution in [0.25, 0.3) is 0 Å². The molecule has 10 heteroatoms. The lowest BCUT2D eigenvalue weighted by atomic mass is 10.2. The molecule has 2 N–H and O–H groups in total. The third-order valence-electron chi connectivity index (χ3n) is 4.75. The summed E-state index contributed by atoms with van der Waals surface area (Å²) in [6, 6.07) is 11.2. The van der Waals surface area contributed by atoms with E-state index in [1.54, 1.807) is 36.9 Å². The number of anilines is 2. The van der Waals surface area contributed by atoms with E-state index >= 15 is 0 Å². The lowest BCUT2D eigenvalue weighted by Gasteiger charge is -2.21. The second kappa shape index (κ2) is 12.5. The van der Waals surface area contributed by atoms with E-state index in [0.717, 1.165) is 11.3 Å². The predicted octanol–water partition coefficient (Wildman–Crippen LogP) is 3.09. The summed E-state index contributed by atoms with van der Waals surface area (Å²) in [5, 5.41) is 8.30. The van der Waals surface area contributed by atoms with Crippen molar-refractivity contribution in [2.75, 3.05) is 39.2 Å². The van der Waals surface area contributed by atoms with E-state index in [0.29, 0.717) is 36.3 Å². The first-order valence-electron chi connectivity index (χ1n) is 10.4. The number of amides is 2. The Kier molecular flexibility index (Phi) is 9.16. The maximum atomic E-state index is 13.1. The van der Waals surface area contributed by atoms with Crippen LogP contribution in [0, 0.1) is 0 Å². The molecule has 1 aromatic carbocycles. The third-order valence-corrected chi connectivity index (χ3v) is 5.50. The largest absolute Gasteiger partial charge is 0.495 e. The molecule has 2 aromatic heterocycles. The smallest absolute Gasteiger partial charge is 0.273 e. The average Bonchev–Trinajstić information content (AvgIpc) is 3.32. The number of nitrogens with one attached hydrogen (secondary N) is 2. The van der Waals surface area contributed by atoms with E-state index in [-0.39, 0.29) is 24.8 Å². The van der Waals surface area contributed by atoms with Gasteiger partial charge in [-0.2, -0.15) is 0 Å². The summed E-state index contributed by atoms with van der Waals surface area (Å²) in [6.07, 6.45) is 3.56. The van der Waals surface area contributed by atoms with Gasteiger partial charge in [-0.1, -0.05) is 18.2 Å². The van der Waals surface area contributed by atoms with Gasteiger partial charge in [0.15, 0.2) is 5.13 Å². The zero-order valence-corrected chi connectivity index (χ0v) is 19.4. The molecule has 0 aliphatic rings. The molecule has 0 spiro atoms. The quantitative estimate of drug-likeness (QED) is 0.420. The molecule has 0 saturated carbocycles. The minimum atomic E-state index is -0.253. The van der Waals surface area contributed by atoms with E-state index in [1.807, 2.05) is 36.4 Å². The van der Waals surface area contributed by atoms with Gasteiger partial charge in [-0.25, -0.2) is 4.98 Å². The molecule has 2 amide bonds. The lowest BCUT2D eigenvalue weighted by Crippen LogP contribution is -2.37. The minimum Gasteiger partial charge on any atom is -0.495 e. The van der Waals surface area contributed by atoms with E-state index in [4.69, 9.17) is 9.47 Å². The first-order valence-corrected chi connectivity index (χ1v) is 11.3. The van der Waals surface area contributed by atoms with Crippen molar-refractivity contribution in [3.8, 4) is 5.75 Å². The number of aromatic nitrogens is 2. The van der Waals surface area contributed by atoms with Gasteiger partial charge in [-0.15, -0.1) is 11.3 Å². The van der Waals surface area contributed by atoms with Crippen LogP contribution in [0.1, 0.15) is 22.5 Å². The minimum absolute atomic E-state index is 0.147. The molecule has 9 nitrogen and oxygen atoms in total. The van der Waals surface area contributed by atoms with Gasteiger partial charge in [0.2, 0.25) is 5.91 Å². The Morgan fingerprint density at radius 1 is 1.12 bits per heavy atom. The van der Waals surface area contributed by atoms with Gasteiger partial charge in [0, 0.05) is 50.9 Å². The number of carbonyl (C=O) groups excluding carboxylic acids is 2. The zero-order chi connectivity index (χ0) is 23.5. The topological polar surface area (TPSA) is 106 Å². The number of para-hydroxylation sites is 2. The van der Waals surface area contributed by atoms with E-state index in [1.165, 1.54) is 11.3 Å². The van der Waals surface area contributed by atoms with Crippen molar-refractivity contribution in [1.82, 2.24) is 20.2 Å². The Labute approximate surface area is 196 Å². The fourth-order valence-corrected chi connectivity index (χ4v) is 3.70. The van der Waals surface area contributed by atoms with E-state index < -0.39 is 0 Å². The van der Waals surface area contributed by atoms with Crippen LogP contribution in [-0.2, 0) is 16.1 Å². The van der Waals surface area contributed by atoms with Crippen molar-refractivity contribution in [3.05, 3.63) is 65.4 Å². The number of carbonyl (C=O) groups is 2. The Morgan fingerprint density at radius 2 is 1.97 bits per heavy atom. The molecular formula is C23H27N5O4S. The Bertz CT molecular complexity index is 1040. The van der Waals surface area contributed by atoms with Crippen LogP contribution in [0.2, 0.25) is 0 Å². The van der Waals surface area contributed by atoms with Gasteiger partial charge in [0.1, 0.15) is 11.4 Å². The summed E-state index contributed by atoms with van der Waals surface area (Å²) in [5.74, 6) is 0.280. The highest BCUT2D eigenvalue weighted by Gasteiger charge is 2.20. The van der Waals surface area contributed by atoms with Crippen LogP contribution < -0.4 is 15.4 Å². The van der Waals surface area contributed by atoms with Crippen molar-refractivity contribution in [2.45, 2.75) is 13.0 Å². The molecule has 0 atom stereocenters. The third kappa shape index (κ3) is 7.26. The molecule has 174 valence electrons. The number of pyridine rings is 1. The Balaban J connectivity index is 1.58. The second-order valence-electron chi connectivity index (χ2n) is 7.04. The number of methoxy groups -OCH3 is 2. The summed E-state index contributed by atoms with van der Waals surface area (Å²) in [5.41, 5.74) is 1.98.